The summed E-state index contributed by atoms with van der Waals surface area (Å²) < 4.78 is 4.70. The van der Waals surface area contributed by atoms with Crippen LogP contribution in [0.5, 0.6) is 0 Å². The van der Waals surface area contributed by atoms with E-state index in [-0.39, 0.29) is 19.7 Å². The van der Waals surface area contributed by atoms with Crippen LogP contribution >= 0.6 is 0 Å². The van der Waals surface area contributed by atoms with Gasteiger partial charge in [-0.15, -0.1) is 0 Å². The van der Waals surface area contributed by atoms with Crippen LogP contribution in [0.4, 0.5) is 4.79 Å². The number of alkyl carbamates (subject to hydrolysis) is 1. The van der Waals surface area contributed by atoms with Gasteiger partial charge in [0.05, 0.1) is 13.2 Å². The van der Waals surface area contributed by atoms with E-state index in [1.165, 1.54) is 4.90 Å². The highest BCUT2D eigenvalue weighted by Crippen LogP contribution is 2.09. The van der Waals surface area contributed by atoms with Gasteiger partial charge in [-0.25, -0.2) is 4.79 Å². The smallest absolute Gasteiger partial charge is 0.407 e. The fourth-order valence-electron chi connectivity index (χ4n) is 2.12. The third-order valence-corrected chi connectivity index (χ3v) is 3.12. The van der Waals surface area contributed by atoms with Crippen LogP contribution in [-0.4, -0.2) is 61.0 Å². The topological polar surface area (TPSA) is 131 Å². The molecule has 1 unspecified atom stereocenters. The molecular weight excluding hydrogens is 316 g/mol. The summed E-state index contributed by atoms with van der Waals surface area (Å²) in [6, 6.07) is -0.717. The van der Waals surface area contributed by atoms with Gasteiger partial charge < -0.3 is 26.0 Å². The van der Waals surface area contributed by atoms with Crippen molar-refractivity contribution in [3.05, 3.63) is 0 Å². The van der Waals surface area contributed by atoms with Gasteiger partial charge in [0.15, 0.2) is 0 Å². The van der Waals surface area contributed by atoms with Crippen molar-refractivity contribution >= 4 is 23.8 Å². The highest BCUT2D eigenvalue weighted by atomic mass is 16.5. The fourth-order valence-corrected chi connectivity index (χ4v) is 2.12. The van der Waals surface area contributed by atoms with Crippen LogP contribution in [-0.2, 0) is 19.1 Å². The van der Waals surface area contributed by atoms with E-state index in [2.05, 4.69) is 10.6 Å². The largest absolute Gasteiger partial charge is 0.450 e. The number of carbonyl (C=O) groups excluding carboxylic acids is 4. The van der Waals surface area contributed by atoms with Crippen molar-refractivity contribution < 1.29 is 23.9 Å². The molecule has 0 aliphatic rings. The van der Waals surface area contributed by atoms with Crippen LogP contribution in [0.2, 0.25) is 0 Å². The van der Waals surface area contributed by atoms with Crippen molar-refractivity contribution in [3.63, 3.8) is 0 Å². The number of amides is 4. The first kappa shape index (κ1) is 21.7. The lowest BCUT2D eigenvalue weighted by Crippen LogP contribution is -2.53. The second kappa shape index (κ2) is 12.1. The summed E-state index contributed by atoms with van der Waals surface area (Å²) in [6.45, 7) is 5.44. The predicted octanol–water partition coefficient (Wildman–Crippen LogP) is -0.259. The molecule has 0 aliphatic heterocycles. The standard InChI is InChI=1S/C15H28N4O5/c1-4-7-11(14(22)17-9-12(16)20)19(8-5-2)13(21)10-18-15(23)24-6-3/h11H,4-10H2,1-3H3,(H2,16,20)(H,17,22)(H,18,23). The Kier molecular flexibility index (Phi) is 11.0. The number of hydrogen-bond donors (Lipinski definition) is 3. The van der Waals surface area contributed by atoms with Crippen LogP contribution in [0.3, 0.4) is 0 Å². The summed E-state index contributed by atoms with van der Waals surface area (Å²) >= 11 is 0. The molecule has 24 heavy (non-hydrogen) atoms. The number of nitrogens with one attached hydrogen (secondary N) is 2. The monoisotopic (exact) mass is 344 g/mol. The van der Waals surface area contributed by atoms with Gasteiger partial charge in [-0.2, -0.15) is 0 Å². The molecule has 9 nitrogen and oxygen atoms in total. The Morgan fingerprint density at radius 1 is 1.04 bits per heavy atom. The van der Waals surface area contributed by atoms with E-state index in [1.807, 2.05) is 13.8 Å². The zero-order valence-electron chi connectivity index (χ0n) is 14.6. The number of primary amides is 1. The first-order chi connectivity index (χ1) is 11.4. The second-order valence-electron chi connectivity index (χ2n) is 5.15. The summed E-state index contributed by atoms with van der Waals surface area (Å²) in [7, 11) is 0. The minimum Gasteiger partial charge on any atom is -0.450 e. The second-order valence-corrected chi connectivity index (χ2v) is 5.15. The van der Waals surface area contributed by atoms with Gasteiger partial charge in [0.1, 0.15) is 12.6 Å². The normalized spacial score (nSPS) is 11.3. The lowest BCUT2D eigenvalue weighted by atomic mass is 10.1. The third-order valence-electron chi connectivity index (χ3n) is 3.12. The number of rotatable bonds is 11. The Labute approximate surface area is 142 Å². The van der Waals surface area contributed by atoms with E-state index in [0.29, 0.717) is 25.8 Å². The third kappa shape index (κ3) is 8.35. The van der Waals surface area contributed by atoms with Crippen molar-refractivity contribution in [2.45, 2.75) is 46.1 Å². The first-order valence-corrected chi connectivity index (χ1v) is 8.13. The maximum absolute atomic E-state index is 12.4. The molecule has 0 bridgehead atoms. The highest BCUT2D eigenvalue weighted by molar-refractivity contribution is 5.91. The zero-order valence-corrected chi connectivity index (χ0v) is 14.6. The van der Waals surface area contributed by atoms with Gasteiger partial charge in [0.25, 0.3) is 0 Å². The maximum atomic E-state index is 12.4. The fraction of sp³-hybridized carbons (Fsp3) is 0.733. The van der Waals surface area contributed by atoms with E-state index in [0.717, 1.165) is 0 Å². The van der Waals surface area contributed by atoms with Crippen LogP contribution in [0, 0.1) is 0 Å². The molecule has 4 N–H and O–H groups in total. The van der Waals surface area contributed by atoms with E-state index >= 15 is 0 Å². The molecule has 0 rings (SSSR count). The zero-order chi connectivity index (χ0) is 18.5. The number of hydrogen-bond acceptors (Lipinski definition) is 5. The molecule has 1 atom stereocenters. The summed E-state index contributed by atoms with van der Waals surface area (Å²) in [4.78, 5) is 48.2. The average molecular weight is 344 g/mol. The Morgan fingerprint density at radius 3 is 2.21 bits per heavy atom. The molecule has 0 radical (unpaired) electrons. The number of carbonyl (C=O) groups is 4. The Morgan fingerprint density at radius 2 is 1.71 bits per heavy atom. The van der Waals surface area contributed by atoms with E-state index in [4.69, 9.17) is 10.5 Å². The van der Waals surface area contributed by atoms with Crippen LogP contribution < -0.4 is 16.4 Å². The first-order valence-electron chi connectivity index (χ1n) is 8.13. The highest BCUT2D eigenvalue weighted by Gasteiger charge is 2.28. The molecule has 0 saturated heterocycles. The van der Waals surface area contributed by atoms with Crippen LogP contribution in [0.15, 0.2) is 0 Å². The van der Waals surface area contributed by atoms with Crippen molar-refractivity contribution in [2.24, 2.45) is 5.73 Å². The SMILES string of the molecule is CCCC(C(=O)NCC(N)=O)N(CCC)C(=O)CNC(=O)OCC. The number of nitrogens with zero attached hydrogens (tertiary/aromatic N) is 1. The van der Waals surface area contributed by atoms with Gasteiger partial charge in [-0.05, 0) is 19.8 Å². The van der Waals surface area contributed by atoms with Crippen molar-refractivity contribution in [2.75, 3.05) is 26.2 Å². The molecular formula is C15H28N4O5. The van der Waals surface area contributed by atoms with Crippen LogP contribution in [0.25, 0.3) is 0 Å². The van der Waals surface area contributed by atoms with Crippen molar-refractivity contribution in [3.8, 4) is 0 Å². The van der Waals surface area contributed by atoms with Crippen molar-refractivity contribution in [1.29, 1.82) is 0 Å². The minimum atomic E-state index is -0.717. The van der Waals surface area contributed by atoms with Gasteiger partial charge >= 0.3 is 6.09 Å². The molecule has 0 fully saturated rings. The van der Waals surface area contributed by atoms with Gasteiger partial charge in [-0.3, -0.25) is 14.4 Å². The van der Waals surface area contributed by atoms with Crippen LogP contribution in [0.1, 0.15) is 40.0 Å². The molecule has 4 amide bonds. The molecule has 0 saturated carbocycles. The number of ether oxygens (including phenoxy) is 1. The van der Waals surface area contributed by atoms with E-state index in [9.17, 15) is 19.2 Å². The summed E-state index contributed by atoms with van der Waals surface area (Å²) in [6.07, 6.45) is 1.07. The number of nitrogens with two attached hydrogens (primary N) is 1. The maximum Gasteiger partial charge on any atom is 0.407 e. The van der Waals surface area contributed by atoms with Gasteiger partial charge in [0, 0.05) is 6.54 Å². The van der Waals surface area contributed by atoms with E-state index < -0.39 is 29.9 Å². The van der Waals surface area contributed by atoms with E-state index in [1.54, 1.807) is 6.92 Å². The Hall–Kier alpha value is -2.32. The molecule has 0 aromatic heterocycles. The lowest BCUT2D eigenvalue weighted by Gasteiger charge is -2.30. The molecule has 9 heteroatoms. The molecule has 0 aromatic rings. The molecule has 0 aliphatic carbocycles. The van der Waals surface area contributed by atoms with Gasteiger partial charge in [0.2, 0.25) is 17.7 Å². The minimum absolute atomic E-state index is 0.201. The molecule has 0 aromatic carbocycles. The summed E-state index contributed by atoms with van der Waals surface area (Å²) in [5.74, 6) is -1.48. The summed E-state index contributed by atoms with van der Waals surface area (Å²) in [5, 5.41) is 4.78. The van der Waals surface area contributed by atoms with Crippen molar-refractivity contribution in [1.82, 2.24) is 15.5 Å². The summed E-state index contributed by atoms with van der Waals surface area (Å²) in [5.41, 5.74) is 5.02. The van der Waals surface area contributed by atoms with Gasteiger partial charge in [-0.1, -0.05) is 20.3 Å². The molecule has 138 valence electrons. The Balaban J connectivity index is 4.95. The predicted molar refractivity (Wildman–Crippen MR) is 87.9 cm³/mol. The Bertz CT molecular complexity index is 442. The average Bonchev–Trinajstić information content (AvgIpc) is 2.53. The lowest BCUT2D eigenvalue weighted by molar-refractivity contribution is -0.140. The molecule has 0 spiro atoms. The molecule has 0 heterocycles. The quantitative estimate of drug-likeness (QED) is 0.475.